The summed E-state index contributed by atoms with van der Waals surface area (Å²) < 4.78 is 4.06. The van der Waals surface area contributed by atoms with Gasteiger partial charge in [0.05, 0.1) is 4.48 Å². The van der Waals surface area contributed by atoms with Crippen LogP contribution in [-0.2, 0) is 9.53 Å². The molecule has 1 aliphatic carbocycles. The van der Waals surface area contributed by atoms with Gasteiger partial charge in [-0.1, -0.05) is 40.2 Å². The molecule has 1 heterocycles. The van der Waals surface area contributed by atoms with Crippen molar-refractivity contribution in [2.75, 3.05) is 0 Å². The van der Waals surface area contributed by atoms with Crippen LogP contribution in [0, 0.1) is 0 Å². The first kappa shape index (κ1) is 14.2. The molecule has 0 fully saturated rings. The van der Waals surface area contributed by atoms with Crippen molar-refractivity contribution in [1.82, 2.24) is 0 Å². The second kappa shape index (κ2) is 4.61. The third-order valence-electron chi connectivity index (χ3n) is 3.28. The van der Waals surface area contributed by atoms with E-state index in [0.29, 0.717) is 15.6 Å². The molecule has 2 aliphatic rings. The zero-order chi connectivity index (χ0) is 14.7. The average molecular weight is 465 g/mol. The number of hydrogen-bond acceptors (Lipinski definition) is 4. The van der Waals surface area contributed by atoms with E-state index in [1.54, 1.807) is 24.3 Å². The lowest BCUT2D eigenvalue weighted by molar-refractivity contribution is -0.139. The Morgan fingerprint density at radius 2 is 1.50 bits per heavy atom. The summed E-state index contributed by atoms with van der Waals surface area (Å²) >= 11 is 9.50. The van der Waals surface area contributed by atoms with E-state index in [-0.39, 0.29) is 4.48 Å². The maximum atomic E-state index is 12.6. The predicted octanol–water partition coefficient (Wildman–Crippen LogP) is 3.13. The van der Waals surface area contributed by atoms with Crippen molar-refractivity contribution in [2.45, 2.75) is 10.4 Å². The second-order valence-corrected chi connectivity index (χ2v) is 7.26. The van der Waals surface area contributed by atoms with Crippen molar-refractivity contribution in [3.8, 4) is 0 Å². The highest BCUT2D eigenvalue weighted by molar-refractivity contribution is 9.14. The quantitative estimate of drug-likeness (QED) is 0.364. The summed E-state index contributed by atoms with van der Waals surface area (Å²) in [6.45, 7) is 0. The minimum absolute atomic E-state index is 0.179. The van der Waals surface area contributed by atoms with Gasteiger partial charge < -0.3 is 4.74 Å². The van der Waals surface area contributed by atoms with E-state index in [2.05, 4.69) is 47.8 Å². The van der Waals surface area contributed by atoms with Crippen molar-refractivity contribution < 1.29 is 19.1 Å². The second-order valence-electron chi connectivity index (χ2n) is 4.36. The minimum atomic E-state index is -1.61. The molecule has 0 unspecified atom stereocenters. The highest BCUT2D eigenvalue weighted by atomic mass is 79.9. The number of alkyl halides is 1. The summed E-state index contributed by atoms with van der Waals surface area (Å²) in [4.78, 5) is 36.7. The molecule has 7 heteroatoms. The summed E-state index contributed by atoms with van der Waals surface area (Å²) in [6, 6.07) is 6.54. The Morgan fingerprint density at radius 1 is 1.00 bits per heavy atom. The fraction of sp³-hybridized carbons (Fsp3) is 0.154. The van der Waals surface area contributed by atoms with Gasteiger partial charge in [-0.25, -0.2) is 4.79 Å². The SMILES string of the molecule is O=C1O[C@H](C2(Br)C(=O)c3ccccc3C2=O)C(Br)=C1Br. The Kier molecular flexibility index (Phi) is 3.26. The van der Waals surface area contributed by atoms with Crippen LogP contribution in [0.2, 0.25) is 0 Å². The number of halogens is 3. The molecule has 0 aromatic heterocycles. The Morgan fingerprint density at radius 3 is 1.90 bits per heavy atom. The summed E-state index contributed by atoms with van der Waals surface area (Å²) in [7, 11) is 0. The molecular formula is C13H5Br3O4. The highest BCUT2D eigenvalue weighted by Crippen LogP contribution is 2.47. The van der Waals surface area contributed by atoms with Gasteiger partial charge in [0.25, 0.3) is 0 Å². The van der Waals surface area contributed by atoms with E-state index < -0.39 is 28.0 Å². The van der Waals surface area contributed by atoms with Crippen molar-refractivity contribution in [1.29, 1.82) is 0 Å². The van der Waals surface area contributed by atoms with Crippen LogP contribution in [0.25, 0.3) is 0 Å². The zero-order valence-corrected chi connectivity index (χ0v) is 14.4. The number of cyclic esters (lactones) is 1. The van der Waals surface area contributed by atoms with Crippen LogP contribution >= 0.6 is 47.8 Å². The Labute approximate surface area is 138 Å². The molecule has 3 rings (SSSR count). The van der Waals surface area contributed by atoms with Gasteiger partial charge in [0.2, 0.25) is 0 Å². The van der Waals surface area contributed by atoms with E-state index in [1.807, 2.05) is 0 Å². The van der Waals surface area contributed by atoms with Gasteiger partial charge in [0, 0.05) is 11.1 Å². The molecule has 0 spiro atoms. The van der Waals surface area contributed by atoms with Gasteiger partial charge in [0.1, 0.15) is 4.48 Å². The normalized spacial score (nSPS) is 24.1. The third-order valence-corrected chi connectivity index (χ3v) is 6.51. The van der Waals surface area contributed by atoms with Gasteiger partial charge in [0.15, 0.2) is 22.0 Å². The predicted molar refractivity (Wildman–Crippen MR) is 81.5 cm³/mol. The van der Waals surface area contributed by atoms with E-state index in [4.69, 9.17) is 4.74 Å². The molecule has 1 aliphatic heterocycles. The lowest BCUT2D eigenvalue weighted by Crippen LogP contribution is -2.47. The number of ether oxygens (including phenoxy) is 1. The van der Waals surface area contributed by atoms with Gasteiger partial charge in [-0.3, -0.25) is 9.59 Å². The standard InChI is InChI=1S/C13H5Br3O4/c14-7-8(15)12(19)20-11(7)13(16)9(17)5-3-1-2-4-6(5)10(13)18/h1-4,11H/t11-/m0/s1. The Hall–Kier alpha value is -0.790. The van der Waals surface area contributed by atoms with E-state index in [9.17, 15) is 14.4 Å². The lowest BCUT2D eigenvalue weighted by Gasteiger charge is -2.24. The van der Waals surface area contributed by atoms with E-state index in [0.717, 1.165) is 0 Å². The first-order chi connectivity index (χ1) is 9.39. The Bertz CT molecular complexity index is 672. The highest BCUT2D eigenvalue weighted by Gasteiger charge is 2.60. The summed E-state index contributed by atoms with van der Waals surface area (Å²) in [5.41, 5.74) is 0.655. The number of rotatable bonds is 1. The molecule has 102 valence electrons. The number of carbonyl (C=O) groups excluding carboxylic acids is 3. The average Bonchev–Trinajstić information content (AvgIpc) is 2.82. The number of benzene rings is 1. The molecule has 4 nitrogen and oxygen atoms in total. The maximum absolute atomic E-state index is 12.6. The van der Waals surface area contributed by atoms with Gasteiger partial charge >= 0.3 is 5.97 Å². The van der Waals surface area contributed by atoms with Crippen LogP contribution in [0.3, 0.4) is 0 Å². The molecule has 1 aromatic carbocycles. The zero-order valence-electron chi connectivity index (χ0n) is 9.65. The molecular weight excluding hydrogens is 460 g/mol. The fourth-order valence-electron chi connectivity index (χ4n) is 2.29. The summed E-state index contributed by atoms with van der Waals surface area (Å²) in [5.74, 6) is -1.43. The molecule has 0 radical (unpaired) electrons. The number of Topliss-reactive ketones (excluding diaryl/α,β-unsaturated/α-hetero) is 2. The van der Waals surface area contributed by atoms with Crippen LogP contribution in [0.1, 0.15) is 20.7 Å². The van der Waals surface area contributed by atoms with Crippen LogP contribution < -0.4 is 0 Å². The molecule has 1 aromatic rings. The number of hydrogen-bond donors (Lipinski definition) is 0. The molecule has 0 bridgehead atoms. The Balaban J connectivity index is 2.15. The van der Waals surface area contributed by atoms with E-state index in [1.165, 1.54) is 0 Å². The summed E-state index contributed by atoms with van der Waals surface area (Å²) in [5, 5.41) is 0. The van der Waals surface area contributed by atoms with Gasteiger partial charge in [-0.15, -0.1) is 0 Å². The molecule has 0 amide bonds. The van der Waals surface area contributed by atoms with Crippen molar-refractivity contribution in [3.63, 3.8) is 0 Å². The monoisotopic (exact) mass is 462 g/mol. The number of esters is 1. The minimum Gasteiger partial charge on any atom is -0.450 e. The summed E-state index contributed by atoms with van der Waals surface area (Å²) in [6.07, 6.45) is -1.02. The van der Waals surface area contributed by atoms with Gasteiger partial charge in [-0.2, -0.15) is 0 Å². The number of ketones is 2. The van der Waals surface area contributed by atoms with Crippen molar-refractivity contribution in [3.05, 3.63) is 44.4 Å². The van der Waals surface area contributed by atoms with E-state index >= 15 is 0 Å². The van der Waals surface area contributed by atoms with Crippen molar-refractivity contribution in [2.24, 2.45) is 0 Å². The largest absolute Gasteiger partial charge is 0.450 e. The number of carbonyl (C=O) groups is 3. The van der Waals surface area contributed by atoms with Crippen LogP contribution in [-0.4, -0.2) is 28.0 Å². The van der Waals surface area contributed by atoms with Crippen LogP contribution in [0.4, 0.5) is 0 Å². The molecule has 20 heavy (non-hydrogen) atoms. The third kappa shape index (κ3) is 1.66. The topological polar surface area (TPSA) is 60.4 Å². The first-order valence-corrected chi connectivity index (χ1v) is 7.90. The van der Waals surface area contributed by atoms with Crippen LogP contribution in [0.15, 0.2) is 33.2 Å². The molecule has 0 N–H and O–H groups in total. The number of fused-ring (bicyclic) bond motifs is 1. The fourth-order valence-corrected chi connectivity index (χ4v) is 4.25. The lowest BCUT2D eigenvalue weighted by atomic mass is 9.96. The smallest absolute Gasteiger partial charge is 0.346 e. The molecule has 0 saturated heterocycles. The molecule has 0 saturated carbocycles. The van der Waals surface area contributed by atoms with Gasteiger partial charge in [-0.05, 0) is 31.9 Å². The maximum Gasteiger partial charge on any atom is 0.346 e. The first-order valence-electron chi connectivity index (χ1n) is 5.52. The molecule has 1 atom stereocenters. The van der Waals surface area contributed by atoms with Crippen molar-refractivity contribution >= 4 is 65.3 Å². The van der Waals surface area contributed by atoms with Crippen LogP contribution in [0.5, 0.6) is 0 Å².